The lowest BCUT2D eigenvalue weighted by Crippen LogP contribution is -2.46. The normalized spacial score (nSPS) is 20.8. The molecule has 1 atom stereocenters. The van der Waals surface area contributed by atoms with Crippen LogP contribution < -0.4 is 15.4 Å². The van der Waals surface area contributed by atoms with Crippen molar-refractivity contribution in [3.63, 3.8) is 0 Å². The van der Waals surface area contributed by atoms with Gasteiger partial charge in [0, 0.05) is 24.9 Å². The van der Waals surface area contributed by atoms with Gasteiger partial charge in [0.2, 0.25) is 0 Å². The van der Waals surface area contributed by atoms with Crippen molar-refractivity contribution in [3.8, 4) is 18.1 Å². The van der Waals surface area contributed by atoms with Gasteiger partial charge in [-0.05, 0) is 38.7 Å². The lowest BCUT2D eigenvalue weighted by atomic mass is 9.86. The summed E-state index contributed by atoms with van der Waals surface area (Å²) in [6.07, 6.45) is 11.8. The Morgan fingerprint density at radius 2 is 2.12 bits per heavy atom. The molecule has 0 saturated heterocycles. The second-order valence-corrected chi connectivity index (χ2v) is 6.65. The Balaban J connectivity index is 0.00000225. The Labute approximate surface area is 168 Å². The molecule has 4 nitrogen and oxygen atoms in total. The molecular weight excluding hydrogens is 425 g/mol. The molecule has 1 aliphatic heterocycles. The van der Waals surface area contributed by atoms with Crippen molar-refractivity contribution in [2.75, 3.05) is 13.1 Å². The van der Waals surface area contributed by atoms with E-state index in [1.165, 1.54) is 18.4 Å². The van der Waals surface area contributed by atoms with Crippen LogP contribution in [-0.2, 0) is 0 Å². The molecule has 5 heteroatoms. The maximum atomic E-state index is 6.42. The number of hydrogen-bond donors (Lipinski definition) is 2. The summed E-state index contributed by atoms with van der Waals surface area (Å²) in [4.78, 5) is 4.60. The molecule has 1 aliphatic carbocycles. The standard InChI is InChI=1S/C20H27N3O.HI/c1-3-5-14-22-19(21-4-2)23-17-15-20(12-8-9-13-20)24-18-11-7-6-10-16(17)18;/h1,6-7,10-11,17H,4-5,8-9,12-15H2,2H3,(H2,21,22,23);1H. The number of halogens is 1. The van der Waals surface area contributed by atoms with E-state index in [0.29, 0.717) is 13.0 Å². The third-order valence-electron chi connectivity index (χ3n) is 4.89. The van der Waals surface area contributed by atoms with Crippen LogP contribution in [0.5, 0.6) is 5.75 Å². The minimum atomic E-state index is -0.0117. The van der Waals surface area contributed by atoms with Gasteiger partial charge in [0.15, 0.2) is 5.96 Å². The molecule has 136 valence electrons. The van der Waals surface area contributed by atoms with Crippen LogP contribution in [0.1, 0.15) is 57.1 Å². The highest BCUT2D eigenvalue weighted by Gasteiger charge is 2.43. The van der Waals surface area contributed by atoms with Crippen LogP contribution >= 0.6 is 24.0 Å². The first-order chi connectivity index (χ1) is 11.8. The maximum absolute atomic E-state index is 6.42. The first kappa shape index (κ1) is 19.9. The van der Waals surface area contributed by atoms with E-state index in [9.17, 15) is 0 Å². The summed E-state index contributed by atoms with van der Waals surface area (Å²) in [5.74, 6) is 4.49. The number of terminal acetylenes is 1. The number of nitrogens with one attached hydrogen (secondary N) is 2. The minimum Gasteiger partial charge on any atom is -0.487 e. The molecule has 1 aromatic carbocycles. The van der Waals surface area contributed by atoms with Gasteiger partial charge in [-0.1, -0.05) is 18.2 Å². The van der Waals surface area contributed by atoms with E-state index >= 15 is 0 Å². The number of benzene rings is 1. The van der Waals surface area contributed by atoms with E-state index in [2.05, 4.69) is 52.7 Å². The molecule has 2 N–H and O–H groups in total. The highest BCUT2D eigenvalue weighted by molar-refractivity contribution is 14.0. The van der Waals surface area contributed by atoms with Crippen molar-refractivity contribution in [2.45, 2.75) is 57.1 Å². The van der Waals surface area contributed by atoms with E-state index < -0.39 is 0 Å². The number of fused-ring (bicyclic) bond motifs is 1. The average molecular weight is 453 g/mol. The molecule has 0 amide bonds. The molecule has 1 spiro atoms. The Hall–Kier alpha value is -1.42. The van der Waals surface area contributed by atoms with Crippen LogP contribution in [0.3, 0.4) is 0 Å². The highest BCUT2D eigenvalue weighted by atomic mass is 127. The smallest absolute Gasteiger partial charge is 0.191 e. The molecule has 1 heterocycles. The van der Waals surface area contributed by atoms with Crippen molar-refractivity contribution >= 4 is 29.9 Å². The predicted octanol–water partition coefficient (Wildman–Crippen LogP) is 4.02. The van der Waals surface area contributed by atoms with Gasteiger partial charge in [0.1, 0.15) is 11.4 Å². The zero-order chi connectivity index (χ0) is 16.8. The molecule has 1 fully saturated rings. The Kier molecular flexibility index (Phi) is 7.42. The number of hydrogen-bond acceptors (Lipinski definition) is 2. The van der Waals surface area contributed by atoms with Gasteiger partial charge in [-0.15, -0.1) is 36.3 Å². The van der Waals surface area contributed by atoms with E-state index in [4.69, 9.17) is 11.2 Å². The summed E-state index contributed by atoms with van der Waals surface area (Å²) in [5, 5.41) is 6.94. The summed E-state index contributed by atoms with van der Waals surface area (Å²) in [6, 6.07) is 8.59. The number of rotatable bonds is 4. The Bertz CT molecular complexity index is 632. The molecule has 2 aliphatic rings. The van der Waals surface area contributed by atoms with Gasteiger partial charge in [0.25, 0.3) is 0 Å². The van der Waals surface area contributed by atoms with E-state index in [-0.39, 0.29) is 35.6 Å². The first-order valence-corrected chi connectivity index (χ1v) is 9.02. The molecule has 3 rings (SSSR count). The van der Waals surface area contributed by atoms with Crippen molar-refractivity contribution in [1.29, 1.82) is 0 Å². The highest BCUT2D eigenvalue weighted by Crippen LogP contribution is 2.46. The summed E-state index contributed by atoms with van der Waals surface area (Å²) in [6.45, 7) is 3.55. The van der Waals surface area contributed by atoms with Crippen LogP contribution in [-0.4, -0.2) is 24.7 Å². The molecule has 0 aromatic heterocycles. The van der Waals surface area contributed by atoms with Crippen LogP contribution in [0.15, 0.2) is 29.3 Å². The van der Waals surface area contributed by atoms with Gasteiger partial charge >= 0.3 is 0 Å². The molecule has 25 heavy (non-hydrogen) atoms. The van der Waals surface area contributed by atoms with Crippen molar-refractivity contribution in [3.05, 3.63) is 29.8 Å². The van der Waals surface area contributed by atoms with Crippen LogP contribution in [0.25, 0.3) is 0 Å². The van der Waals surface area contributed by atoms with Gasteiger partial charge in [-0.2, -0.15) is 0 Å². The SMILES string of the molecule is C#CCCN=C(NCC)NC1CC2(CCCC2)Oc2ccccc21.I. The third kappa shape index (κ3) is 4.81. The second kappa shape index (κ2) is 9.33. The number of guanidine groups is 1. The van der Waals surface area contributed by atoms with Gasteiger partial charge in [-0.25, -0.2) is 0 Å². The quantitative estimate of drug-likeness (QED) is 0.238. The maximum Gasteiger partial charge on any atom is 0.191 e. The topological polar surface area (TPSA) is 45.7 Å². The minimum absolute atomic E-state index is 0. The zero-order valence-corrected chi connectivity index (χ0v) is 17.2. The van der Waals surface area contributed by atoms with Crippen LogP contribution in [0.2, 0.25) is 0 Å². The van der Waals surface area contributed by atoms with Gasteiger partial charge in [-0.3, -0.25) is 4.99 Å². The van der Waals surface area contributed by atoms with Crippen molar-refractivity contribution < 1.29 is 4.74 Å². The summed E-state index contributed by atoms with van der Waals surface area (Å²) in [7, 11) is 0. The van der Waals surface area contributed by atoms with E-state index in [1.54, 1.807) is 0 Å². The predicted molar refractivity (Wildman–Crippen MR) is 114 cm³/mol. The summed E-state index contributed by atoms with van der Waals surface area (Å²) >= 11 is 0. The van der Waals surface area contributed by atoms with Crippen molar-refractivity contribution in [2.24, 2.45) is 4.99 Å². The largest absolute Gasteiger partial charge is 0.487 e. The summed E-state index contributed by atoms with van der Waals surface area (Å²) < 4.78 is 6.42. The Morgan fingerprint density at radius 1 is 1.36 bits per heavy atom. The van der Waals surface area contributed by atoms with Gasteiger partial charge in [0.05, 0.1) is 12.6 Å². The summed E-state index contributed by atoms with van der Waals surface area (Å²) in [5.41, 5.74) is 1.21. The van der Waals surface area contributed by atoms with Crippen molar-refractivity contribution in [1.82, 2.24) is 10.6 Å². The molecule has 0 radical (unpaired) electrons. The number of aliphatic imine (C=N–C) groups is 1. The molecule has 1 unspecified atom stereocenters. The lowest BCUT2D eigenvalue weighted by molar-refractivity contribution is 0.0396. The number of para-hydroxylation sites is 1. The third-order valence-corrected chi connectivity index (χ3v) is 4.89. The zero-order valence-electron chi connectivity index (χ0n) is 14.9. The molecular formula is C20H28IN3O. The van der Waals surface area contributed by atoms with E-state index in [0.717, 1.165) is 37.5 Å². The molecule has 1 saturated carbocycles. The fraction of sp³-hybridized carbons (Fsp3) is 0.550. The monoisotopic (exact) mass is 453 g/mol. The fourth-order valence-corrected chi connectivity index (χ4v) is 3.79. The van der Waals surface area contributed by atoms with Crippen LogP contribution in [0.4, 0.5) is 0 Å². The molecule has 1 aromatic rings. The molecule has 0 bridgehead atoms. The number of ether oxygens (including phenoxy) is 1. The van der Waals surface area contributed by atoms with Gasteiger partial charge < -0.3 is 15.4 Å². The Morgan fingerprint density at radius 3 is 2.84 bits per heavy atom. The lowest BCUT2D eigenvalue weighted by Gasteiger charge is -2.40. The second-order valence-electron chi connectivity index (χ2n) is 6.65. The van der Waals surface area contributed by atoms with E-state index in [1.807, 2.05) is 0 Å². The first-order valence-electron chi connectivity index (χ1n) is 9.02. The van der Waals surface area contributed by atoms with Crippen LogP contribution in [0, 0.1) is 12.3 Å². The fourth-order valence-electron chi connectivity index (χ4n) is 3.79. The average Bonchev–Trinajstić information content (AvgIpc) is 3.02. The number of nitrogens with zero attached hydrogens (tertiary/aromatic N) is 1.